The van der Waals surface area contributed by atoms with Crippen LogP contribution in [0.15, 0.2) is 24.3 Å². The molecule has 0 unspecified atom stereocenters. The van der Waals surface area contributed by atoms with Gasteiger partial charge < -0.3 is 4.74 Å². The van der Waals surface area contributed by atoms with Crippen molar-refractivity contribution in [3.63, 3.8) is 0 Å². The summed E-state index contributed by atoms with van der Waals surface area (Å²) in [6.45, 7) is 2.98. The molecular formula is C8H6Cl3F3O2. The predicted octanol–water partition coefficient (Wildman–Crippen LogP) is 3.57. The summed E-state index contributed by atoms with van der Waals surface area (Å²) in [7, 11) is 0. The van der Waals surface area contributed by atoms with Crippen molar-refractivity contribution in [3.05, 3.63) is 24.3 Å². The lowest BCUT2D eigenvalue weighted by atomic mass is 10.2. The molecule has 0 aromatic carbocycles. The van der Waals surface area contributed by atoms with Gasteiger partial charge in [0.2, 0.25) is 3.79 Å². The molecule has 0 saturated carbocycles. The SMILES string of the molecule is C=CCOC(=O)/C=C(/C(F)(F)F)C(Cl)(Cl)Cl. The number of ether oxygens (including phenoxy) is 1. The quantitative estimate of drug-likeness (QED) is 0.344. The summed E-state index contributed by atoms with van der Waals surface area (Å²) in [5.41, 5.74) is -1.61. The molecule has 0 atom stereocenters. The van der Waals surface area contributed by atoms with Crippen LogP contribution in [0.1, 0.15) is 0 Å². The molecular weight excluding hydrogens is 291 g/mol. The number of rotatable bonds is 3. The van der Waals surface area contributed by atoms with Crippen molar-refractivity contribution < 1.29 is 22.7 Å². The van der Waals surface area contributed by atoms with Gasteiger partial charge in [-0.15, -0.1) is 0 Å². The molecule has 0 fully saturated rings. The van der Waals surface area contributed by atoms with Crippen LogP contribution >= 0.6 is 34.8 Å². The minimum absolute atomic E-state index is 0.0937. The summed E-state index contributed by atoms with van der Waals surface area (Å²) in [6, 6.07) is 0. The largest absolute Gasteiger partial charge is 0.458 e. The van der Waals surface area contributed by atoms with E-state index in [-0.39, 0.29) is 12.7 Å². The first-order valence-corrected chi connectivity index (χ1v) is 4.86. The average Bonchev–Trinajstić information content (AvgIpc) is 2.07. The second kappa shape index (κ2) is 5.80. The van der Waals surface area contributed by atoms with Gasteiger partial charge in [-0.3, -0.25) is 0 Å². The van der Waals surface area contributed by atoms with Gasteiger partial charge in [0.15, 0.2) is 0 Å². The summed E-state index contributed by atoms with van der Waals surface area (Å²) >= 11 is 15.2. The molecule has 0 aliphatic heterocycles. The van der Waals surface area contributed by atoms with E-state index >= 15 is 0 Å². The first-order valence-electron chi connectivity index (χ1n) is 3.72. The number of carbonyl (C=O) groups excluding carboxylic acids is 1. The van der Waals surface area contributed by atoms with Crippen LogP contribution in [0.2, 0.25) is 0 Å². The molecule has 0 spiro atoms. The topological polar surface area (TPSA) is 26.3 Å². The third-order valence-corrected chi connectivity index (χ3v) is 1.83. The molecule has 92 valence electrons. The van der Waals surface area contributed by atoms with Gasteiger partial charge in [0.25, 0.3) is 0 Å². The van der Waals surface area contributed by atoms with Gasteiger partial charge in [0.05, 0.1) is 5.57 Å². The Kier molecular flexibility index (Phi) is 5.65. The lowest BCUT2D eigenvalue weighted by Crippen LogP contribution is -2.25. The number of allylic oxidation sites excluding steroid dienone is 1. The minimum Gasteiger partial charge on any atom is -0.458 e. The van der Waals surface area contributed by atoms with Gasteiger partial charge in [-0.05, 0) is 0 Å². The number of hydrogen-bond donors (Lipinski definition) is 0. The van der Waals surface area contributed by atoms with Crippen LogP contribution in [0.25, 0.3) is 0 Å². The lowest BCUT2D eigenvalue weighted by molar-refractivity contribution is -0.137. The van der Waals surface area contributed by atoms with E-state index in [2.05, 4.69) is 11.3 Å². The van der Waals surface area contributed by atoms with E-state index in [1.165, 1.54) is 6.08 Å². The Balaban J connectivity index is 4.99. The third kappa shape index (κ3) is 5.63. The highest BCUT2D eigenvalue weighted by molar-refractivity contribution is 6.69. The van der Waals surface area contributed by atoms with Gasteiger partial charge >= 0.3 is 12.1 Å². The molecule has 8 heteroatoms. The van der Waals surface area contributed by atoms with E-state index in [1.54, 1.807) is 0 Å². The molecule has 2 nitrogen and oxygen atoms in total. The number of esters is 1. The standard InChI is InChI=1S/C8H6Cl3F3O2/c1-2-3-16-6(15)4-5(7(9,10)11)8(12,13)14/h2,4H,1,3H2/b5-4+. The first-order chi connectivity index (χ1) is 7.09. The van der Waals surface area contributed by atoms with E-state index in [4.69, 9.17) is 34.8 Å². The van der Waals surface area contributed by atoms with E-state index in [1.807, 2.05) is 0 Å². The Morgan fingerprint density at radius 1 is 1.31 bits per heavy atom. The Labute approximate surface area is 105 Å². The number of hydrogen-bond acceptors (Lipinski definition) is 2. The average molecular weight is 297 g/mol. The summed E-state index contributed by atoms with van der Waals surface area (Å²) < 4.78 is 38.6. The van der Waals surface area contributed by atoms with Gasteiger partial charge in [0.1, 0.15) is 6.61 Å². The van der Waals surface area contributed by atoms with Crippen molar-refractivity contribution in [3.8, 4) is 0 Å². The van der Waals surface area contributed by atoms with E-state index in [0.29, 0.717) is 0 Å². The lowest BCUT2D eigenvalue weighted by Gasteiger charge is -2.18. The smallest absolute Gasteiger partial charge is 0.417 e. The minimum atomic E-state index is -4.93. The normalized spacial score (nSPS) is 13.5. The number of halogens is 6. The molecule has 0 rings (SSSR count). The zero-order chi connectivity index (χ0) is 13.0. The van der Waals surface area contributed by atoms with Gasteiger partial charge in [-0.25, -0.2) is 4.79 Å². The highest BCUT2D eigenvalue weighted by Crippen LogP contribution is 2.43. The van der Waals surface area contributed by atoms with Crippen molar-refractivity contribution in [2.24, 2.45) is 0 Å². The monoisotopic (exact) mass is 296 g/mol. The second-order valence-corrected chi connectivity index (χ2v) is 4.75. The fourth-order valence-corrected chi connectivity index (χ4v) is 1.11. The van der Waals surface area contributed by atoms with Crippen LogP contribution in [0.4, 0.5) is 13.2 Å². The van der Waals surface area contributed by atoms with Crippen molar-refractivity contribution >= 4 is 40.8 Å². The van der Waals surface area contributed by atoms with Crippen LogP contribution in [0.3, 0.4) is 0 Å². The molecule has 16 heavy (non-hydrogen) atoms. The van der Waals surface area contributed by atoms with E-state index in [0.717, 1.165) is 0 Å². The van der Waals surface area contributed by atoms with Crippen molar-refractivity contribution in [1.82, 2.24) is 0 Å². The molecule has 0 bridgehead atoms. The van der Waals surface area contributed by atoms with Crippen LogP contribution in [-0.2, 0) is 9.53 Å². The predicted molar refractivity (Wildman–Crippen MR) is 55.6 cm³/mol. The Morgan fingerprint density at radius 3 is 2.12 bits per heavy atom. The Bertz CT molecular complexity index is 289. The van der Waals surface area contributed by atoms with Crippen LogP contribution in [0.5, 0.6) is 0 Å². The molecule has 0 amide bonds. The molecule has 0 N–H and O–H groups in total. The van der Waals surface area contributed by atoms with Gasteiger partial charge in [-0.1, -0.05) is 47.5 Å². The molecule has 0 aromatic heterocycles. The molecule has 0 saturated heterocycles. The fourth-order valence-electron chi connectivity index (χ4n) is 0.625. The second-order valence-electron chi connectivity index (χ2n) is 2.47. The number of alkyl halides is 6. The maximum Gasteiger partial charge on any atom is 0.417 e. The van der Waals surface area contributed by atoms with Gasteiger partial charge in [-0.2, -0.15) is 13.2 Å². The maximum absolute atomic E-state index is 12.3. The summed E-state index contributed by atoms with van der Waals surface area (Å²) in [6.07, 6.45) is -3.65. The van der Waals surface area contributed by atoms with Gasteiger partial charge in [0, 0.05) is 6.08 Å². The molecule has 0 aliphatic carbocycles. The Hall–Kier alpha value is -0.390. The summed E-state index contributed by atoms with van der Waals surface area (Å²) in [4.78, 5) is 10.9. The molecule has 0 heterocycles. The third-order valence-electron chi connectivity index (χ3n) is 1.22. The van der Waals surface area contributed by atoms with E-state index in [9.17, 15) is 18.0 Å². The first kappa shape index (κ1) is 15.6. The van der Waals surface area contributed by atoms with Crippen molar-refractivity contribution in [2.45, 2.75) is 9.97 Å². The number of carbonyl (C=O) groups is 1. The van der Waals surface area contributed by atoms with Crippen LogP contribution in [0, 0.1) is 0 Å². The van der Waals surface area contributed by atoms with Crippen LogP contribution in [-0.4, -0.2) is 22.5 Å². The fraction of sp³-hybridized carbons (Fsp3) is 0.375. The highest BCUT2D eigenvalue weighted by Gasteiger charge is 2.46. The zero-order valence-electron chi connectivity index (χ0n) is 7.65. The summed E-state index contributed by atoms with van der Waals surface area (Å²) in [5.74, 6) is -1.27. The molecule has 0 aromatic rings. The molecule has 0 aliphatic rings. The van der Waals surface area contributed by atoms with Crippen LogP contribution < -0.4 is 0 Å². The zero-order valence-corrected chi connectivity index (χ0v) is 9.92. The Morgan fingerprint density at radius 2 is 1.81 bits per heavy atom. The summed E-state index contributed by atoms with van der Waals surface area (Å²) in [5, 5.41) is 0. The molecule has 0 radical (unpaired) electrons. The van der Waals surface area contributed by atoms with Crippen molar-refractivity contribution in [1.29, 1.82) is 0 Å². The maximum atomic E-state index is 12.3. The highest BCUT2D eigenvalue weighted by atomic mass is 35.6. The van der Waals surface area contributed by atoms with Crippen molar-refractivity contribution in [2.75, 3.05) is 6.61 Å². The van der Waals surface area contributed by atoms with E-state index < -0.39 is 21.5 Å².